The van der Waals surface area contributed by atoms with E-state index < -0.39 is 0 Å². The summed E-state index contributed by atoms with van der Waals surface area (Å²) in [5, 5.41) is 3.56. The first-order valence-corrected chi connectivity index (χ1v) is 6.97. The van der Waals surface area contributed by atoms with Gasteiger partial charge in [0.25, 0.3) is 0 Å². The largest absolute Gasteiger partial charge is 0.309 e. The molecular weight excluding hydrogens is 225 g/mol. The van der Waals surface area contributed by atoms with Crippen molar-refractivity contribution in [3.63, 3.8) is 0 Å². The molecule has 2 rings (SSSR count). The van der Waals surface area contributed by atoms with Crippen LogP contribution < -0.4 is 5.32 Å². The molecule has 2 heteroatoms. The highest BCUT2D eigenvalue weighted by Gasteiger charge is 2.31. The van der Waals surface area contributed by atoms with E-state index in [2.05, 4.69) is 19.2 Å². The summed E-state index contributed by atoms with van der Waals surface area (Å²) in [6.07, 6.45) is 5.09. The van der Waals surface area contributed by atoms with Gasteiger partial charge in [-0.1, -0.05) is 44.4 Å². The van der Waals surface area contributed by atoms with Crippen molar-refractivity contribution < 1.29 is 4.39 Å². The van der Waals surface area contributed by atoms with Crippen LogP contribution in [0.5, 0.6) is 0 Å². The fourth-order valence-electron chi connectivity index (χ4n) is 2.94. The maximum Gasteiger partial charge on any atom is 0.127 e. The number of rotatable bonds is 3. The van der Waals surface area contributed by atoms with E-state index in [0.717, 1.165) is 11.1 Å². The van der Waals surface area contributed by atoms with Crippen molar-refractivity contribution >= 4 is 0 Å². The molecule has 0 heterocycles. The molecule has 1 fully saturated rings. The van der Waals surface area contributed by atoms with Crippen LogP contribution in [0.2, 0.25) is 0 Å². The van der Waals surface area contributed by atoms with Crippen LogP contribution in [0.25, 0.3) is 0 Å². The topological polar surface area (TPSA) is 12.0 Å². The van der Waals surface area contributed by atoms with Crippen LogP contribution in [0.4, 0.5) is 4.39 Å². The van der Waals surface area contributed by atoms with Crippen molar-refractivity contribution in [2.24, 2.45) is 5.41 Å². The highest BCUT2D eigenvalue weighted by molar-refractivity contribution is 5.24. The van der Waals surface area contributed by atoms with Crippen molar-refractivity contribution in [2.75, 3.05) is 0 Å². The summed E-state index contributed by atoms with van der Waals surface area (Å²) in [5.74, 6) is -0.0956. The van der Waals surface area contributed by atoms with Crippen molar-refractivity contribution in [2.45, 2.75) is 59.0 Å². The first-order valence-electron chi connectivity index (χ1n) is 6.97. The van der Waals surface area contributed by atoms with E-state index in [-0.39, 0.29) is 5.82 Å². The SMILES string of the molecule is Cc1ccc(F)c(CNC2CCCCC2(C)C)c1. The van der Waals surface area contributed by atoms with Gasteiger partial charge in [0.05, 0.1) is 0 Å². The summed E-state index contributed by atoms with van der Waals surface area (Å²) in [7, 11) is 0. The molecule has 1 aliphatic carbocycles. The Hall–Kier alpha value is -0.890. The Bertz CT molecular complexity index is 412. The molecule has 1 aromatic carbocycles. The Balaban J connectivity index is 2.00. The minimum absolute atomic E-state index is 0.0956. The fraction of sp³-hybridized carbons (Fsp3) is 0.625. The van der Waals surface area contributed by atoms with Crippen LogP contribution in [-0.2, 0) is 6.54 Å². The molecule has 1 N–H and O–H groups in total. The lowest BCUT2D eigenvalue weighted by Gasteiger charge is -2.39. The van der Waals surface area contributed by atoms with Crippen molar-refractivity contribution in [3.8, 4) is 0 Å². The molecule has 0 aliphatic heterocycles. The van der Waals surface area contributed by atoms with Crippen molar-refractivity contribution in [1.82, 2.24) is 5.32 Å². The van der Waals surface area contributed by atoms with E-state index in [4.69, 9.17) is 0 Å². The number of benzene rings is 1. The second kappa shape index (κ2) is 5.40. The van der Waals surface area contributed by atoms with E-state index in [9.17, 15) is 4.39 Å². The first-order chi connectivity index (χ1) is 8.49. The Morgan fingerprint density at radius 2 is 2.11 bits per heavy atom. The molecule has 0 saturated heterocycles. The van der Waals surface area contributed by atoms with Crippen LogP contribution in [0.15, 0.2) is 18.2 Å². The van der Waals surface area contributed by atoms with Gasteiger partial charge in [-0.05, 0) is 31.2 Å². The average Bonchev–Trinajstić information content (AvgIpc) is 2.31. The van der Waals surface area contributed by atoms with Gasteiger partial charge in [0.1, 0.15) is 5.82 Å². The van der Waals surface area contributed by atoms with Gasteiger partial charge in [-0.2, -0.15) is 0 Å². The van der Waals surface area contributed by atoms with Gasteiger partial charge in [0.2, 0.25) is 0 Å². The van der Waals surface area contributed by atoms with Crippen LogP contribution in [0.1, 0.15) is 50.7 Å². The molecule has 0 aromatic heterocycles. The van der Waals surface area contributed by atoms with Crippen molar-refractivity contribution in [3.05, 3.63) is 35.1 Å². The van der Waals surface area contributed by atoms with Crippen LogP contribution in [0.3, 0.4) is 0 Å². The minimum Gasteiger partial charge on any atom is -0.309 e. The Kier molecular flexibility index (Phi) is 4.06. The molecule has 1 atom stereocenters. The standard InChI is InChI=1S/C16H24FN/c1-12-7-8-14(17)13(10-12)11-18-15-6-4-5-9-16(15,2)3/h7-8,10,15,18H,4-6,9,11H2,1-3H3. The quantitative estimate of drug-likeness (QED) is 0.847. The second-order valence-electron chi connectivity index (χ2n) is 6.26. The van der Waals surface area contributed by atoms with Gasteiger partial charge in [-0.25, -0.2) is 4.39 Å². The average molecular weight is 249 g/mol. The highest BCUT2D eigenvalue weighted by Crippen LogP contribution is 2.35. The predicted octanol–water partition coefficient (Wildman–Crippen LogP) is 4.19. The van der Waals surface area contributed by atoms with Gasteiger partial charge >= 0.3 is 0 Å². The first kappa shape index (κ1) is 13.5. The number of hydrogen-bond donors (Lipinski definition) is 1. The minimum atomic E-state index is -0.0956. The summed E-state index contributed by atoms with van der Waals surface area (Å²) in [6.45, 7) is 7.28. The maximum atomic E-state index is 13.7. The zero-order valence-electron chi connectivity index (χ0n) is 11.7. The Morgan fingerprint density at radius 3 is 2.83 bits per heavy atom. The molecule has 0 radical (unpaired) electrons. The molecule has 1 nitrogen and oxygen atoms in total. The molecule has 100 valence electrons. The fourth-order valence-corrected chi connectivity index (χ4v) is 2.94. The molecule has 1 aromatic rings. The summed E-state index contributed by atoms with van der Waals surface area (Å²) >= 11 is 0. The molecule has 0 bridgehead atoms. The van der Waals surface area contributed by atoms with Gasteiger partial charge in [0.15, 0.2) is 0 Å². The smallest absolute Gasteiger partial charge is 0.127 e. The van der Waals surface area contributed by atoms with Gasteiger partial charge in [-0.15, -0.1) is 0 Å². The summed E-state index contributed by atoms with van der Waals surface area (Å²) in [5.41, 5.74) is 2.24. The van der Waals surface area contributed by atoms with Crippen LogP contribution >= 0.6 is 0 Å². The Labute approximate surface area is 110 Å². The lowest BCUT2D eigenvalue weighted by molar-refractivity contribution is 0.166. The Morgan fingerprint density at radius 1 is 1.33 bits per heavy atom. The van der Waals surface area contributed by atoms with Crippen molar-refractivity contribution in [1.29, 1.82) is 0 Å². The lowest BCUT2D eigenvalue weighted by Crippen LogP contribution is -2.43. The van der Waals surface area contributed by atoms with E-state index in [1.165, 1.54) is 25.7 Å². The molecule has 1 aliphatic rings. The van der Waals surface area contributed by atoms with Gasteiger partial charge in [0, 0.05) is 18.2 Å². The molecular formula is C16H24FN. The molecule has 0 spiro atoms. The van der Waals surface area contributed by atoms with Gasteiger partial charge < -0.3 is 5.32 Å². The van der Waals surface area contributed by atoms with E-state index in [1.807, 2.05) is 19.1 Å². The van der Waals surface area contributed by atoms with Crippen LogP contribution in [0, 0.1) is 18.2 Å². The zero-order chi connectivity index (χ0) is 13.2. The number of halogens is 1. The highest BCUT2D eigenvalue weighted by atomic mass is 19.1. The maximum absolute atomic E-state index is 13.7. The number of nitrogens with one attached hydrogen (secondary N) is 1. The lowest BCUT2D eigenvalue weighted by atomic mass is 9.73. The van der Waals surface area contributed by atoms with E-state index in [1.54, 1.807) is 6.07 Å². The van der Waals surface area contributed by atoms with E-state index >= 15 is 0 Å². The van der Waals surface area contributed by atoms with E-state index in [0.29, 0.717) is 18.0 Å². The molecule has 0 amide bonds. The molecule has 18 heavy (non-hydrogen) atoms. The summed E-state index contributed by atoms with van der Waals surface area (Å²) in [6, 6.07) is 5.84. The monoisotopic (exact) mass is 249 g/mol. The predicted molar refractivity (Wildman–Crippen MR) is 74.0 cm³/mol. The number of aryl methyl sites for hydroxylation is 1. The second-order valence-corrected chi connectivity index (χ2v) is 6.26. The summed E-state index contributed by atoms with van der Waals surface area (Å²) in [4.78, 5) is 0. The van der Waals surface area contributed by atoms with Crippen LogP contribution in [-0.4, -0.2) is 6.04 Å². The summed E-state index contributed by atoms with van der Waals surface area (Å²) < 4.78 is 13.7. The van der Waals surface area contributed by atoms with Gasteiger partial charge in [-0.3, -0.25) is 0 Å². The normalized spacial score (nSPS) is 23.0. The molecule has 1 unspecified atom stereocenters. The third-order valence-electron chi connectivity index (χ3n) is 4.25. The number of hydrogen-bond acceptors (Lipinski definition) is 1. The molecule has 1 saturated carbocycles. The third kappa shape index (κ3) is 3.11. The third-order valence-corrected chi connectivity index (χ3v) is 4.25. The zero-order valence-corrected chi connectivity index (χ0v) is 11.7.